The molecule has 36 heavy (non-hydrogen) atoms. The zero-order valence-corrected chi connectivity index (χ0v) is 20.7. The monoisotopic (exact) mass is 504 g/mol. The van der Waals surface area contributed by atoms with Gasteiger partial charge in [-0.15, -0.1) is 10.2 Å². The number of carbonyl (C=O) groups excluding carboxylic acids is 1. The second kappa shape index (κ2) is 11.8. The SMILES string of the molecule is COc1cc(-c2nnc(SCC(=O)NN=Cc3cccnc3)n2-c2ccccc2)cc(OC)c1OC. The van der Waals surface area contributed by atoms with Gasteiger partial charge in [-0.2, -0.15) is 5.10 Å². The van der Waals surface area contributed by atoms with Gasteiger partial charge in [0, 0.05) is 29.2 Å². The molecule has 0 bridgehead atoms. The molecule has 0 atom stereocenters. The number of amides is 1. The minimum atomic E-state index is -0.280. The van der Waals surface area contributed by atoms with Crippen LogP contribution in [-0.4, -0.2) is 59.0 Å². The highest BCUT2D eigenvalue weighted by Crippen LogP contribution is 2.41. The van der Waals surface area contributed by atoms with Crippen LogP contribution >= 0.6 is 11.8 Å². The molecule has 1 amide bonds. The van der Waals surface area contributed by atoms with Gasteiger partial charge in [-0.1, -0.05) is 36.0 Å². The number of methoxy groups -OCH3 is 3. The Morgan fingerprint density at radius 1 is 1.03 bits per heavy atom. The van der Waals surface area contributed by atoms with Gasteiger partial charge < -0.3 is 14.2 Å². The third-order valence-electron chi connectivity index (χ3n) is 4.99. The van der Waals surface area contributed by atoms with Gasteiger partial charge in [0.2, 0.25) is 5.75 Å². The number of rotatable bonds is 10. The van der Waals surface area contributed by atoms with E-state index in [0.29, 0.717) is 33.8 Å². The molecule has 0 aliphatic carbocycles. The number of aromatic nitrogens is 4. The predicted octanol–water partition coefficient (Wildman–Crippen LogP) is 3.60. The van der Waals surface area contributed by atoms with E-state index >= 15 is 0 Å². The van der Waals surface area contributed by atoms with Gasteiger partial charge >= 0.3 is 0 Å². The smallest absolute Gasteiger partial charge is 0.250 e. The van der Waals surface area contributed by atoms with Gasteiger partial charge in [0.25, 0.3) is 5.91 Å². The van der Waals surface area contributed by atoms with Crippen LogP contribution in [0.25, 0.3) is 17.1 Å². The largest absolute Gasteiger partial charge is 0.493 e. The first-order chi connectivity index (χ1) is 17.6. The van der Waals surface area contributed by atoms with E-state index in [1.165, 1.54) is 18.0 Å². The van der Waals surface area contributed by atoms with Crippen molar-refractivity contribution in [3.8, 4) is 34.3 Å². The number of carbonyl (C=O) groups is 1. The number of benzene rings is 2. The van der Waals surface area contributed by atoms with Crippen molar-refractivity contribution in [3.63, 3.8) is 0 Å². The van der Waals surface area contributed by atoms with Crippen molar-refractivity contribution in [2.75, 3.05) is 27.1 Å². The molecule has 2 heterocycles. The maximum atomic E-state index is 12.4. The molecular weight excluding hydrogens is 480 g/mol. The lowest BCUT2D eigenvalue weighted by molar-refractivity contribution is -0.118. The Bertz CT molecular complexity index is 1320. The Balaban J connectivity index is 1.61. The van der Waals surface area contributed by atoms with E-state index in [9.17, 15) is 4.79 Å². The summed E-state index contributed by atoms with van der Waals surface area (Å²) in [4.78, 5) is 16.4. The first-order valence-electron chi connectivity index (χ1n) is 10.8. The molecule has 11 heteroatoms. The topological polar surface area (TPSA) is 113 Å². The van der Waals surface area contributed by atoms with E-state index in [1.54, 1.807) is 51.9 Å². The van der Waals surface area contributed by atoms with Gasteiger partial charge in [-0.05, 0) is 30.3 Å². The average Bonchev–Trinajstić information content (AvgIpc) is 3.36. The first-order valence-corrected chi connectivity index (χ1v) is 11.8. The van der Waals surface area contributed by atoms with Crippen LogP contribution in [0, 0.1) is 0 Å². The van der Waals surface area contributed by atoms with Crippen LogP contribution < -0.4 is 19.6 Å². The molecule has 1 N–H and O–H groups in total. The summed E-state index contributed by atoms with van der Waals surface area (Å²) in [5, 5.41) is 13.3. The minimum Gasteiger partial charge on any atom is -0.493 e. The molecule has 184 valence electrons. The normalized spacial score (nSPS) is 10.9. The highest BCUT2D eigenvalue weighted by atomic mass is 32.2. The van der Waals surface area contributed by atoms with E-state index in [1.807, 2.05) is 41.0 Å². The zero-order valence-electron chi connectivity index (χ0n) is 19.9. The fourth-order valence-corrected chi connectivity index (χ4v) is 4.11. The highest BCUT2D eigenvalue weighted by molar-refractivity contribution is 7.99. The summed E-state index contributed by atoms with van der Waals surface area (Å²) in [6, 6.07) is 16.9. The third kappa shape index (κ3) is 5.63. The predicted molar refractivity (Wildman–Crippen MR) is 137 cm³/mol. The van der Waals surface area contributed by atoms with E-state index in [-0.39, 0.29) is 11.7 Å². The molecule has 0 radical (unpaired) electrons. The molecule has 0 aliphatic rings. The van der Waals surface area contributed by atoms with Gasteiger partial charge in [0.15, 0.2) is 22.5 Å². The molecule has 0 saturated carbocycles. The molecule has 0 saturated heterocycles. The molecule has 4 rings (SSSR count). The minimum absolute atomic E-state index is 0.0879. The van der Waals surface area contributed by atoms with Crippen LogP contribution in [0.2, 0.25) is 0 Å². The van der Waals surface area contributed by atoms with E-state index < -0.39 is 0 Å². The molecule has 0 fully saturated rings. The Labute approximate surface area is 212 Å². The summed E-state index contributed by atoms with van der Waals surface area (Å²) in [6.45, 7) is 0. The number of hydrogen-bond donors (Lipinski definition) is 1. The maximum Gasteiger partial charge on any atom is 0.250 e. The van der Waals surface area contributed by atoms with Crippen LogP contribution in [-0.2, 0) is 4.79 Å². The van der Waals surface area contributed by atoms with Crippen molar-refractivity contribution in [3.05, 3.63) is 72.6 Å². The van der Waals surface area contributed by atoms with Gasteiger partial charge in [0.1, 0.15) is 0 Å². The lowest BCUT2D eigenvalue weighted by Crippen LogP contribution is -2.20. The number of thioether (sulfide) groups is 1. The average molecular weight is 505 g/mol. The first kappa shape index (κ1) is 24.7. The van der Waals surface area contributed by atoms with E-state index in [2.05, 4.69) is 25.7 Å². The number of hydrogen-bond acceptors (Lipinski definition) is 9. The van der Waals surface area contributed by atoms with Gasteiger partial charge in [0.05, 0.1) is 33.3 Å². The number of nitrogens with zero attached hydrogens (tertiary/aromatic N) is 5. The number of hydrazone groups is 1. The van der Waals surface area contributed by atoms with Crippen LogP contribution in [0.3, 0.4) is 0 Å². The van der Waals surface area contributed by atoms with E-state index in [0.717, 1.165) is 11.3 Å². The van der Waals surface area contributed by atoms with Crippen molar-refractivity contribution in [2.24, 2.45) is 5.10 Å². The fourth-order valence-electron chi connectivity index (χ4n) is 3.36. The van der Waals surface area contributed by atoms with Crippen molar-refractivity contribution in [1.29, 1.82) is 0 Å². The van der Waals surface area contributed by atoms with Crippen molar-refractivity contribution in [2.45, 2.75) is 5.16 Å². The van der Waals surface area contributed by atoms with Gasteiger partial charge in [-0.3, -0.25) is 14.3 Å². The van der Waals surface area contributed by atoms with Crippen LogP contribution in [0.15, 0.2) is 77.2 Å². The molecule has 0 unspecified atom stereocenters. The Morgan fingerprint density at radius 2 is 1.78 bits per heavy atom. The molecule has 2 aromatic carbocycles. The molecular formula is C25H24N6O4S. The summed E-state index contributed by atoms with van der Waals surface area (Å²) >= 11 is 1.24. The van der Waals surface area contributed by atoms with Crippen molar-refractivity contribution in [1.82, 2.24) is 25.2 Å². The molecule has 10 nitrogen and oxygen atoms in total. The summed E-state index contributed by atoms with van der Waals surface area (Å²) in [6.07, 6.45) is 4.85. The third-order valence-corrected chi connectivity index (χ3v) is 5.92. The Hall–Kier alpha value is -4.38. The summed E-state index contributed by atoms with van der Waals surface area (Å²) in [7, 11) is 4.66. The van der Waals surface area contributed by atoms with Crippen molar-refractivity contribution >= 4 is 23.9 Å². The highest BCUT2D eigenvalue weighted by Gasteiger charge is 2.21. The van der Waals surface area contributed by atoms with Crippen molar-refractivity contribution < 1.29 is 19.0 Å². The summed E-state index contributed by atoms with van der Waals surface area (Å²) in [5.74, 6) is 1.83. The number of para-hydroxylation sites is 1. The summed E-state index contributed by atoms with van der Waals surface area (Å²) < 4.78 is 18.3. The quantitative estimate of drug-likeness (QED) is 0.198. The summed E-state index contributed by atoms with van der Waals surface area (Å²) in [5.41, 5.74) is 4.84. The van der Waals surface area contributed by atoms with Gasteiger partial charge in [-0.25, -0.2) is 5.43 Å². The Morgan fingerprint density at radius 3 is 2.42 bits per heavy atom. The van der Waals surface area contributed by atoms with Crippen LogP contribution in [0.4, 0.5) is 0 Å². The van der Waals surface area contributed by atoms with Crippen LogP contribution in [0.1, 0.15) is 5.56 Å². The lowest BCUT2D eigenvalue weighted by atomic mass is 10.1. The maximum absolute atomic E-state index is 12.4. The standard InChI is InChI=1S/C25H24N6O4S/c1-33-20-12-18(13-21(34-2)23(20)35-3)24-29-30-25(31(24)19-9-5-4-6-10-19)36-16-22(32)28-27-15-17-8-7-11-26-14-17/h4-15H,16H2,1-3H3,(H,28,32). The fraction of sp³-hybridized carbons (Fsp3) is 0.160. The van der Waals surface area contributed by atoms with Crippen LogP contribution in [0.5, 0.6) is 17.2 Å². The molecule has 2 aromatic heterocycles. The second-order valence-electron chi connectivity index (χ2n) is 7.26. The molecule has 0 aliphatic heterocycles. The molecule has 0 spiro atoms. The number of pyridine rings is 1. The zero-order chi connectivity index (χ0) is 25.3. The number of ether oxygens (including phenoxy) is 3. The molecule has 4 aromatic rings. The Kier molecular flexibility index (Phi) is 8.14. The van der Waals surface area contributed by atoms with E-state index in [4.69, 9.17) is 14.2 Å². The second-order valence-corrected chi connectivity index (χ2v) is 8.20. The lowest BCUT2D eigenvalue weighted by Gasteiger charge is -2.15. The number of nitrogens with one attached hydrogen (secondary N) is 1.